The lowest BCUT2D eigenvalue weighted by Crippen LogP contribution is -1.89. The van der Waals surface area contributed by atoms with Gasteiger partial charge < -0.3 is 13.6 Å². The number of ether oxygens (including phenoxy) is 1. The van der Waals surface area contributed by atoms with E-state index in [2.05, 4.69) is 16.9 Å². The predicted molar refractivity (Wildman–Crippen MR) is 60.6 cm³/mol. The molecule has 0 amide bonds. The van der Waals surface area contributed by atoms with Crippen molar-refractivity contribution in [3.8, 4) is 6.08 Å². The molecule has 0 fully saturated rings. The summed E-state index contributed by atoms with van der Waals surface area (Å²) < 4.78 is 14.5. The number of rotatable bonds is 4. The normalized spacial score (nSPS) is 9.38. The van der Waals surface area contributed by atoms with Crippen LogP contribution in [0.4, 0.5) is 0 Å². The summed E-state index contributed by atoms with van der Waals surface area (Å²) in [6.07, 6.45) is 6.60. The Morgan fingerprint density at radius 1 is 1.19 bits per heavy atom. The summed E-state index contributed by atoms with van der Waals surface area (Å²) in [6.45, 7) is 4.54. The first-order valence-electron chi connectivity index (χ1n) is 4.91. The molecule has 0 saturated heterocycles. The Morgan fingerprint density at radius 3 is 2.44 bits per heavy atom. The zero-order valence-corrected chi connectivity index (χ0v) is 10.1. The SMILES string of the molecule is CCOc1ncco1.CCSc1ncco1. The van der Waals surface area contributed by atoms with E-state index in [-0.39, 0.29) is 0 Å². The Hall–Kier alpha value is -1.43. The van der Waals surface area contributed by atoms with E-state index in [0.717, 1.165) is 11.0 Å². The number of thioether (sulfide) groups is 1. The van der Waals surface area contributed by atoms with Crippen LogP contribution < -0.4 is 4.74 Å². The van der Waals surface area contributed by atoms with Crippen molar-refractivity contribution in [1.29, 1.82) is 0 Å². The number of oxazole rings is 2. The van der Waals surface area contributed by atoms with Gasteiger partial charge in [0.15, 0.2) is 0 Å². The van der Waals surface area contributed by atoms with Crippen LogP contribution >= 0.6 is 11.8 Å². The van der Waals surface area contributed by atoms with Gasteiger partial charge in [-0.2, -0.15) is 4.98 Å². The zero-order chi connectivity index (χ0) is 11.6. The second-order valence-corrected chi connectivity index (χ2v) is 3.68. The molecule has 0 aromatic carbocycles. The van der Waals surface area contributed by atoms with Crippen molar-refractivity contribution in [3.05, 3.63) is 24.9 Å². The second kappa shape index (κ2) is 7.81. The van der Waals surface area contributed by atoms with E-state index < -0.39 is 0 Å². The van der Waals surface area contributed by atoms with Gasteiger partial charge in [-0.15, -0.1) is 0 Å². The third-order valence-electron chi connectivity index (χ3n) is 1.35. The minimum Gasteiger partial charge on any atom is -0.450 e. The lowest BCUT2D eigenvalue weighted by Gasteiger charge is -1.90. The van der Waals surface area contributed by atoms with Crippen LogP contribution in [0.2, 0.25) is 0 Å². The Kier molecular flexibility index (Phi) is 6.17. The number of hydrogen-bond acceptors (Lipinski definition) is 6. The first kappa shape index (κ1) is 12.6. The highest BCUT2D eigenvalue weighted by Crippen LogP contribution is 2.12. The Labute approximate surface area is 98.2 Å². The van der Waals surface area contributed by atoms with E-state index >= 15 is 0 Å². The molecule has 6 heteroatoms. The smallest absolute Gasteiger partial charge is 0.393 e. The highest BCUT2D eigenvalue weighted by atomic mass is 32.2. The van der Waals surface area contributed by atoms with Gasteiger partial charge in [0, 0.05) is 0 Å². The van der Waals surface area contributed by atoms with Crippen molar-refractivity contribution in [2.24, 2.45) is 0 Å². The zero-order valence-electron chi connectivity index (χ0n) is 9.25. The van der Waals surface area contributed by atoms with E-state index in [0.29, 0.717) is 12.7 Å². The topological polar surface area (TPSA) is 61.3 Å². The van der Waals surface area contributed by atoms with Gasteiger partial charge in [-0.05, 0) is 12.7 Å². The molecular formula is C10H14N2O3S. The van der Waals surface area contributed by atoms with Gasteiger partial charge >= 0.3 is 6.08 Å². The minimum atomic E-state index is 0.340. The number of nitrogens with zero attached hydrogens (tertiary/aromatic N) is 2. The lowest BCUT2D eigenvalue weighted by atomic mass is 10.9. The molecule has 0 unspecified atom stereocenters. The van der Waals surface area contributed by atoms with E-state index in [1.165, 1.54) is 6.26 Å². The van der Waals surface area contributed by atoms with Crippen molar-refractivity contribution < 1.29 is 13.6 Å². The van der Waals surface area contributed by atoms with Crippen LogP contribution in [0, 0.1) is 0 Å². The first-order chi connectivity index (χ1) is 7.86. The van der Waals surface area contributed by atoms with Crippen LogP contribution in [-0.4, -0.2) is 22.3 Å². The third kappa shape index (κ3) is 4.88. The fourth-order valence-corrected chi connectivity index (χ4v) is 1.32. The third-order valence-corrected chi connectivity index (χ3v) is 2.09. The van der Waals surface area contributed by atoms with Gasteiger partial charge in [-0.1, -0.05) is 18.7 Å². The van der Waals surface area contributed by atoms with Crippen molar-refractivity contribution in [1.82, 2.24) is 9.97 Å². The second-order valence-electron chi connectivity index (χ2n) is 2.46. The molecular weight excluding hydrogens is 228 g/mol. The van der Waals surface area contributed by atoms with Crippen LogP contribution in [0.1, 0.15) is 13.8 Å². The molecule has 2 aromatic heterocycles. The van der Waals surface area contributed by atoms with Gasteiger partial charge in [0.2, 0.25) is 0 Å². The largest absolute Gasteiger partial charge is 0.450 e. The maximum Gasteiger partial charge on any atom is 0.393 e. The summed E-state index contributed by atoms with van der Waals surface area (Å²) in [4.78, 5) is 7.62. The molecule has 0 radical (unpaired) electrons. The average molecular weight is 242 g/mol. The predicted octanol–water partition coefficient (Wildman–Crippen LogP) is 2.86. The fourth-order valence-electron chi connectivity index (χ4n) is 0.810. The number of aromatic nitrogens is 2. The number of hydrogen-bond donors (Lipinski definition) is 0. The summed E-state index contributed by atoms with van der Waals surface area (Å²) in [5.74, 6) is 1.01. The molecule has 0 spiro atoms. The summed E-state index contributed by atoms with van der Waals surface area (Å²) >= 11 is 1.60. The summed E-state index contributed by atoms with van der Waals surface area (Å²) in [5, 5.41) is 0.757. The Bertz CT molecular complexity index is 312. The monoisotopic (exact) mass is 242 g/mol. The maximum absolute atomic E-state index is 4.93. The molecule has 0 atom stereocenters. The summed E-state index contributed by atoms with van der Waals surface area (Å²) in [6, 6.07) is 0. The molecule has 0 saturated carbocycles. The van der Waals surface area contributed by atoms with Crippen molar-refractivity contribution >= 4 is 11.8 Å². The molecule has 2 heterocycles. The van der Waals surface area contributed by atoms with Crippen LogP contribution in [0.15, 0.2) is 39.0 Å². The van der Waals surface area contributed by atoms with Gasteiger partial charge in [0.1, 0.15) is 12.5 Å². The van der Waals surface area contributed by atoms with Crippen LogP contribution in [0.3, 0.4) is 0 Å². The standard InChI is InChI=1S/C5H7NO2.C5H7NOS/c1-2-7-5-6-3-4-8-5;1-2-8-5-6-3-4-7-5/h2*3-4H,2H2,1H3. The van der Waals surface area contributed by atoms with E-state index in [4.69, 9.17) is 13.6 Å². The van der Waals surface area contributed by atoms with E-state index in [1.807, 2.05) is 6.92 Å². The van der Waals surface area contributed by atoms with Gasteiger partial charge in [-0.3, -0.25) is 0 Å². The van der Waals surface area contributed by atoms with Crippen LogP contribution in [-0.2, 0) is 0 Å². The first-order valence-corrected chi connectivity index (χ1v) is 5.90. The van der Waals surface area contributed by atoms with Crippen LogP contribution in [0.25, 0.3) is 0 Å². The molecule has 88 valence electrons. The van der Waals surface area contributed by atoms with E-state index in [1.54, 1.807) is 30.4 Å². The van der Waals surface area contributed by atoms with Gasteiger partial charge in [0.25, 0.3) is 5.22 Å². The molecule has 0 N–H and O–H groups in total. The molecule has 0 aliphatic rings. The molecule has 0 bridgehead atoms. The molecule has 0 aliphatic heterocycles. The fraction of sp³-hybridized carbons (Fsp3) is 0.400. The lowest BCUT2D eigenvalue weighted by molar-refractivity contribution is 0.244. The molecule has 0 aliphatic carbocycles. The molecule has 2 aromatic rings. The van der Waals surface area contributed by atoms with E-state index in [9.17, 15) is 0 Å². The van der Waals surface area contributed by atoms with Crippen LogP contribution in [0.5, 0.6) is 6.08 Å². The average Bonchev–Trinajstić information content (AvgIpc) is 2.92. The maximum atomic E-state index is 4.93. The minimum absolute atomic E-state index is 0.340. The molecule has 2 rings (SSSR count). The molecule has 16 heavy (non-hydrogen) atoms. The van der Waals surface area contributed by atoms with Gasteiger partial charge in [0.05, 0.1) is 19.0 Å². The Morgan fingerprint density at radius 2 is 1.94 bits per heavy atom. The highest BCUT2D eigenvalue weighted by Gasteiger charge is 1.91. The molecule has 5 nitrogen and oxygen atoms in total. The van der Waals surface area contributed by atoms with Crippen molar-refractivity contribution in [3.63, 3.8) is 0 Å². The van der Waals surface area contributed by atoms with Gasteiger partial charge in [-0.25, -0.2) is 4.98 Å². The summed E-state index contributed by atoms with van der Waals surface area (Å²) in [5.41, 5.74) is 0. The summed E-state index contributed by atoms with van der Waals surface area (Å²) in [7, 11) is 0. The Balaban J connectivity index is 0.000000160. The highest BCUT2D eigenvalue weighted by molar-refractivity contribution is 7.99. The van der Waals surface area contributed by atoms with Crippen molar-refractivity contribution in [2.45, 2.75) is 19.1 Å². The van der Waals surface area contributed by atoms with Crippen molar-refractivity contribution in [2.75, 3.05) is 12.4 Å². The quantitative estimate of drug-likeness (QED) is 0.768.